The molecule has 1 aromatic carbocycles. The number of hydrogen-bond donors (Lipinski definition) is 1. The summed E-state index contributed by atoms with van der Waals surface area (Å²) in [6.07, 6.45) is 0. The quantitative estimate of drug-likeness (QED) is 0.390. The van der Waals surface area contributed by atoms with Crippen LogP contribution in [0.3, 0.4) is 0 Å². The highest BCUT2D eigenvalue weighted by Crippen LogP contribution is 2.40. The molecule has 8 nitrogen and oxygen atoms in total. The predicted octanol–water partition coefficient (Wildman–Crippen LogP) is 3.21. The number of methoxy groups -OCH3 is 2. The monoisotopic (exact) mass is 342 g/mol. The van der Waals surface area contributed by atoms with Crippen molar-refractivity contribution in [3.8, 4) is 0 Å². The number of nitrogens with zero attached hydrogens (tertiary/aromatic N) is 3. The maximum atomic E-state index is 12.4. The Balaban J connectivity index is 2.72. The van der Waals surface area contributed by atoms with Gasteiger partial charge in [-0.3, -0.25) is 0 Å². The van der Waals surface area contributed by atoms with E-state index in [0.29, 0.717) is 33.8 Å². The zero-order chi connectivity index (χ0) is 18.6. The van der Waals surface area contributed by atoms with E-state index in [1.54, 1.807) is 38.1 Å². The van der Waals surface area contributed by atoms with Crippen LogP contribution < -0.4 is 5.32 Å². The second-order valence-electron chi connectivity index (χ2n) is 5.40. The van der Waals surface area contributed by atoms with Gasteiger partial charge in [-0.2, -0.15) is 0 Å². The molecule has 8 heteroatoms. The van der Waals surface area contributed by atoms with Crippen LogP contribution in [0, 0.1) is 0 Å². The molecule has 0 unspecified atom stereocenters. The van der Waals surface area contributed by atoms with Gasteiger partial charge in [0, 0.05) is 22.0 Å². The molecule has 0 atom stereocenters. The molecule has 0 saturated heterocycles. The lowest BCUT2D eigenvalue weighted by Gasteiger charge is -2.30. The minimum atomic E-state index is -0.699. The topological polar surface area (TPSA) is 113 Å². The van der Waals surface area contributed by atoms with Gasteiger partial charge in [-0.05, 0) is 31.0 Å². The third-order valence-electron chi connectivity index (χ3n) is 3.93. The summed E-state index contributed by atoms with van der Waals surface area (Å²) >= 11 is 0. The Labute approximate surface area is 144 Å². The first-order valence-electron chi connectivity index (χ1n) is 7.44. The van der Waals surface area contributed by atoms with Crippen molar-refractivity contribution in [2.75, 3.05) is 14.2 Å². The van der Waals surface area contributed by atoms with Crippen molar-refractivity contribution >= 4 is 17.6 Å². The number of dihydropyridines is 1. The van der Waals surface area contributed by atoms with Crippen LogP contribution in [0.25, 0.3) is 10.4 Å². The van der Waals surface area contributed by atoms with Crippen molar-refractivity contribution in [3.05, 3.63) is 62.8 Å². The molecule has 0 spiro atoms. The van der Waals surface area contributed by atoms with Crippen molar-refractivity contribution in [2.24, 2.45) is 5.11 Å². The van der Waals surface area contributed by atoms with Crippen molar-refractivity contribution < 1.29 is 19.1 Å². The first kappa shape index (κ1) is 18.1. The molecule has 1 N–H and O–H groups in total. The molecule has 1 aliphatic rings. The molecule has 0 fully saturated rings. The Morgan fingerprint density at radius 3 is 2.16 bits per heavy atom. The fourth-order valence-electron chi connectivity index (χ4n) is 2.91. The Morgan fingerprint density at radius 1 is 1.12 bits per heavy atom. The minimum Gasteiger partial charge on any atom is -0.466 e. The van der Waals surface area contributed by atoms with Crippen molar-refractivity contribution in [2.45, 2.75) is 19.8 Å². The molecule has 130 valence electrons. The maximum absolute atomic E-state index is 12.4. The molecular weight excluding hydrogens is 324 g/mol. The van der Waals surface area contributed by atoms with E-state index in [1.807, 2.05) is 0 Å². The summed E-state index contributed by atoms with van der Waals surface area (Å²) in [6, 6.07) is 6.70. The molecule has 0 aromatic heterocycles. The predicted molar refractivity (Wildman–Crippen MR) is 90.6 cm³/mol. The number of carbonyl (C=O) groups is 2. The number of azide groups is 1. The lowest BCUT2D eigenvalue weighted by atomic mass is 9.80. The first-order chi connectivity index (χ1) is 11.9. The molecule has 0 aliphatic carbocycles. The van der Waals surface area contributed by atoms with E-state index < -0.39 is 17.9 Å². The fourth-order valence-corrected chi connectivity index (χ4v) is 2.91. The van der Waals surface area contributed by atoms with E-state index >= 15 is 0 Å². The van der Waals surface area contributed by atoms with Gasteiger partial charge in [-0.1, -0.05) is 23.3 Å². The highest BCUT2D eigenvalue weighted by atomic mass is 16.5. The Hall–Kier alpha value is -3.25. The van der Waals surface area contributed by atoms with Gasteiger partial charge in [0.05, 0.1) is 31.3 Å². The molecule has 0 saturated carbocycles. The average Bonchev–Trinajstić information content (AvgIpc) is 2.60. The molecule has 0 bridgehead atoms. The summed E-state index contributed by atoms with van der Waals surface area (Å²) in [5.74, 6) is -1.81. The Kier molecular flexibility index (Phi) is 5.46. The SMILES string of the molecule is COC(=O)C1=C(C)NC(C)=C(C(=O)OC)C1c1cccc(N=[N+]=[N-])c1. The van der Waals surface area contributed by atoms with Gasteiger partial charge < -0.3 is 14.8 Å². The summed E-state index contributed by atoms with van der Waals surface area (Å²) in [6.45, 7) is 3.46. The molecule has 0 amide bonds. The summed E-state index contributed by atoms with van der Waals surface area (Å²) in [7, 11) is 2.55. The smallest absolute Gasteiger partial charge is 0.336 e. The third-order valence-corrected chi connectivity index (χ3v) is 3.93. The van der Waals surface area contributed by atoms with Crippen molar-refractivity contribution in [1.82, 2.24) is 5.32 Å². The van der Waals surface area contributed by atoms with E-state index in [0.717, 1.165) is 0 Å². The van der Waals surface area contributed by atoms with Gasteiger partial charge in [-0.25, -0.2) is 9.59 Å². The largest absolute Gasteiger partial charge is 0.466 e. The van der Waals surface area contributed by atoms with Gasteiger partial charge in [0.2, 0.25) is 0 Å². The van der Waals surface area contributed by atoms with Crippen LogP contribution in [0.1, 0.15) is 25.3 Å². The minimum absolute atomic E-state index is 0.298. The van der Waals surface area contributed by atoms with E-state index in [4.69, 9.17) is 15.0 Å². The van der Waals surface area contributed by atoms with Crippen LogP contribution in [0.4, 0.5) is 5.69 Å². The summed E-state index contributed by atoms with van der Waals surface area (Å²) < 4.78 is 9.79. The van der Waals surface area contributed by atoms with Crippen molar-refractivity contribution in [1.29, 1.82) is 0 Å². The van der Waals surface area contributed by atoms with E-state index in [1.165, 1.54) is 14.2 Å². The van der Waals surface area contributed by atoms with Crippen LogP contribution in [0.15, 0.2) is 51.9 Å². The zero-order valence-electron chi connectivity index (χ0n) is 14.4. The zero-order valence-corrected chi connectivity index (χ0v) is 14.4. The van der Waals surface area contributed by atoms with Crippen LogP contribution in [-0.2, 0) is 19.1 Å². The fraction of sp³-hybridized carbons (Fsp3) is 0.294. The number of ether oxygens (including phenoxy) is 2. The molecular formula is C17H18N4O4. The van der Waals surface area contributed by atoms with Crippen LogP contribution in [0.5, 0.6) is 0 Å². The number of hydrogen-bond acceptors (Lipinski definition) is 6. The second kappa shape index (κ2) is 7.55. The Bertz CT molecular complexity index is 797. The van der Waals surface area contributed by atoms with E-state index in [2.05, 4.69) is 15.3 Å². The van der Waals surface area contributed by atoms with Gasteiger partial charge in [0.15, 0.2) is 0 Å². The van der Waals surface area contributed by atoms with Gasteiger partial charge >= 0.3 is 11.9 Å². The molecule has 0 radical (unpaired) electrons. The van der Waals surface area contributed by atoms with Crippen LogP contribution in [-0.4, -0.2) is 26.2 Å². The van der Waals surface area contributed by atoms with Gasteiger partial charge in [0.1, 0.15) is 0 Å². The van der Waals surface area contributed by atoms with E-state index in [9.17, 15) is 9.59 Å². The first-order valence-corrected chi connectivity index (χ1v) is 7.44. The average molecular weight is 342 g/mol. The number of carbonyl (C=O) groups excluding carboxylic acids is 2. The highest BCUT2D eigenvalue weighted by molar-refractivity contribution is 5.99. The summed E-state index contributed by atoms with van der Waals surface area (Å²) in [4.78, 5) is 27.5. The van der Waals surface area contributed by atoms with Gasteiger partial charge in [-0.15, -0.1) is 0 Å². The molecule has 1 aliphatic heterocycles. The standard InChI is InChI=1S/C17H18N4O4/c1-9-13(16(22)24-3)15(14(10(2)19-9)17(23)25-4)11-6-5-7-12(8-11)20-21-18/h5-8,15,19H,1-4H3. The molecule has 25 heavy (non-hydrogen) atoms. The highest BCUT2D eigenvalue weighted by Gasteiger charge is 2.37. The second-order valence-corrected chi connectivity index (χ2v) is 5.40. The number of esters is 2. The van der Waals surface area contributed by atoms with E-state index in [-0.39, 0.29) is 0 Å². The Morgan fingerprint density at radius 2 is 1.68 bits per heavy atom. The number of nitrogens with one attached hydrogen (secondary N) is 1. The summed E-state index contributed by atoms with van der Waals surface area (Å²) in [5.41, 5.74) is 11.4. The molecule has 1 heterocycles. The molecule has 1 aromatic rings. The lowest BCUT2D eigenvalue weighted by molar-refractivity contribution is -0.137. The van der Waals surface area contributed by atoms with Gasteiger partial charge in [0.25, 0.3) is 0 Å². The van der Waals surface area contributed by atoms with Crippen molar-refractivity contribution in [3.63, 3.8) is 0 Å². The normalized spacial score (nSPS) is 14.6. The number of allylic oxidation sites excluding steroid dienone is 2. The molecule has 2 rings (SSSR count). The van der Waals surface area contributed by atoms with Crippen LogP contribution >= 0.6 is 0 Å². The number of rotatable bonds is 4. The van der Waals surface area contributed by atoms with Crippen LogP contribution in [0.2, 0.25) is 0 Å². The third kappa shape index (κ3) is 3.49. The maximum Gasteiger partial charge on any atom is 0.336 e. The summed E-state index contributed by atoms with van der Waals surface area (Å²) in [5, 5.41) is 6.61. The number of benzene rings is 1. The lowest BCUT2D eigenvalue weighted by Crippen LogP contribution is -2.32.